The number of Topliss-reactive ketones (excluding diaryl/α,β-unsaturated/α-hetero) is 2. The third-order valence-corrected chi connectivity index (χ3v) is 5.00. The van der Waals surface area contributed by atoms with Crippen LogP contribution in [0.15, 0.2) is 36.4 Å². The van der Waals surface area contributed by atoms with E-state index in [1.165, 1.54) is 0 Å². The van der Waals surface area contributed by atoms with Crippen LogP contribution in [-0.4, -0.2) is 11.6 Å². The summed E-state index contributed by atoms with van der Waals surface area (Å²) >= 11 is 0. The lowest BCUT2D eigenvalue weighted by Crippen LogP contribution is -2.34. The second kappa shape index (κ2) is 3.91. The van der Waals surface area contributed by atoms with Crippen LogP contribution in [0.1, 0.15) is 43.0 Å². The molecule has 0 saturated heterocycles. The molecule has 0 aliphatic heterocycles. The summed E-state index contributed by atoms with van der Waals surface area (Å²) in [6.45, 7) is 4.03. The number of fused-ring (bicyclic) bond motifs is 2. The van der Waals surface area contributed by atoms with Gasteiger partial charge in [-0.15, -0.1) is 0 Å². The summed E-state index contributed by atoms with van der Waals surface area (Å²) in [6.07, 6.45) is 1.11. The topological polar surface area (TPSA) is 34.1 Å². The SMILES string of the molecule is Cc1ccc2c(c1)C[C@@]1(Cc3c(C)cccc3C1=O)C2=O. The third kappa shape index (κ3) is 1.48. The van der Waals surface area contributed by atoms with E-state index in [4.69, 9.17) is 0 Å². The minimum absolute atomic E-state index is 0.0121. The molecule has 2 heteroatoms. The fraction of sp³-hybridized carbons (Fsp3) is 0.263. The van der Waals surface area contributed by atoms with Gasteiger partial charge in [-0.3, -0.25) is 9.59 Å². The van der Waals surface area contributed by atoms with E-state index in [0.29, 0.717) is 12.8 Å². The molecule has 0 N–H and O–H groups in total. The maximum absolute atomic E-state index is 12.9. The molecule has 0 saturated carbocycles. The molecule has 2 aliphatic carbocycles. The van der Waals surface area contributed by atoms with Gasteiger partial charge in [0.1, 0.15) is 5.41 Å². The first-order chi connectivity index (χ1) is 10.0. The lowest BCUT2D eigenvalue weighted by molar-refractivity contribution is 0.0705. The van der Waals surface area contributed by atoms with Gasteiger partial charge in [-0.2, -0.15) is 0 Å². The maximum Gasteiger partial charge on any atom is 0.177 e. The first kappa shape index (κ1) is 12.5. The van der Waals surface area contributed by atoms with Crippen LogP contribution in [0, 0.1) is 19.3 Å². The predicted molar refractivity (Wildman–Crippen MR) is 80.9 cm³/mol. The molecule has 4 rings (SSSR count). The van der Waals surface area contributed by atoms with Crippen molar-refractivity contribution in [3.8, 4) is 0 Å². The van der Waals surface area contributed by atoms with Gasteiger partial charge in [0.25, 0.3) is 0 Å². The first-order valence-corrected chi connectivity index (χ1v) is 7.30. The Kier molecular flexibility index (Phi) is 2.33. The van der Waals surface area contributed by atoms with Gasteiger partial charge in [-0.25, -0.2) is 0 Å². The maximum atomic E-state index is 12.9. The van der Waals surface area contributed by atoms with Crippen molar-refractivity contribution in [2.75, 3.05) is 0 Å². The van der Waals surface area contributed by atoms with Crippen molar-refractivity contribution in [1.82, 2.24) is 0 Å². The number of benzene rings is 2. The highest BCUT2D eigenvalue weighted by atomic mass is 16.2. The summed E-state index contributed by atoms with van der Waals surface area (Å²) in [5.41, 5.74) is 4.94. The molecule has 0 amide bonds. The Hall–Kier alpha value is -2.22. The molecule has 0 aromatic heterocycles. The molecule has 1 atom stereocenters. The lowest BCUT2D eigenvalue weighted by atomic mass is 9.79. The van der Waals surface area contributed by atoms with Crippen molar-refractivity contribution in [3.63, 3.8) is 0 Å². The average Bonchev–Trinajstić information content (AvgIpc) is 2.89. The lowest BCUT2D eigenvalue weighted by Gasteiger charge is -2.18. The van der Waals surface area contributed by atoms with Crippen molar-refractivity contribution in [1.29, 1.82) is 0 Å². The minimum atomic E-state index is -0.870. The fourth-order valence-electron chi connectivity index (χ4n) is 3.87. The van der Waals surface area contributed by atoms with E-state index < -0.39 is 5.41 Å². The van der Waals surface area contributed by atoms with Crippen LogP contribution in [0.2, 0.25) is 0 Å². The summed E-state index contributed by atoms with van der Waals surface area (Å²) < 4.78 is 0. The zero-order chi connectivity index (χ0) is 14.8. The van der Waals surface area contributed by atoms with Crippen LogP contribution < -0.4 is 0 Å². The molecule has 0 fully saturated rings. The number of hydrogen-bond donors (Lipinski definition) is 0. The Bertz CT molecular complexity index is 816. The molecule has 2 nitrogen and oxygen atoms in total. The Balaban J connectivity index is 1.88. The fourth-order valence-corrected chi connectivity index (χ4v) is 3.87. The molecule has 0 heterocycles. The summed E-state index contributed by atoms with van der Waals surface area (Å²) in [7, 11) is 0. The zero-order valence-corrected chi connectivity index (χ0v) is 12.2. The van der Waals surface area contributed by atoms with Crippen LogP contribution in [0.4, 0.5) is 0 Å². The first-order valence-electron chi connectivity index (χ1n) is 7.30. The van der Waals surface area contributed by atoms with E-state index in [2.05, 4.69) is 0 Å². The monoisotopic (exact) mass is 276 g/mol. The smallest absolute Gasteiger partial charge is 0.177 e. The second-order valence-corrected chi connectivity index (χ2v) is 6.36. The van der Waals surface area contributed by atoms with Gasteiger partial charge >= 0.3 is 0 Å². The van der Waals surface area contributed by atoms with Crippen LogP contribution in [-0.2, 0) is 12.8 Å². The van der Waals surface area contributed by atoms with Crippen molar-refractivity contribution in [2.24, 2.45) is 5.41 Å². The zero-order valence-electron chi connectivity index (χ0n) is 12.2. The number of hydrogen-bond acceptors (Lipinski definition) is 2. The van der Waals surface area contributed by atoms with Gasteiger partial charge in [0.2, 0.25) is 0 Å². The Morgan fingerprint density at radius 3 is 2.43 bits per heavy atom. The number of aryl methyl sites for hydroxylation is 2. The third-order valence-electron chi connectivity index (χ3n) is 5.00. The molecule has 0 bridgehead atoms. The number of ketones is 2. The summed E-state index contributed by atoms with van der Waals surface area (Å²) in [5, 5.41) is 0. The molecule has 2 aromatic carbocycles. The van der Waals surface area contributed by atoms with E-state index in [9.17, 15) is 9.59 Å². The summed E-state index contributed by atoms with van der Waals surface area (Å²) in [6, 6.07) is 11.7. The number of carbonyl (C=O) groups is 2. The number of carbonyl (C=O) groups excluding carboxylic acids is 2. The van der Waals surface area contributed by atoms with Crippen molar-refractivity contribution >= 4 is 11.6 Å². The molecular weight excluding hydrogens is 260 g/mol. The quantitative estimate of drug-likeness (QED) is 0.690. The van der Waals surface area contributed by atoms with E-state index in [1.807, 2.05) is 50.2 Å². The van der Waals surface area contributed by atoms with E-state index >= 15 is 0 Å². The van der Waals surface area contributed by atoms with E-state index in [-0.39, 0.29) is 11.6 Å². The molecule has 21 heavy (non-hydrogen) atoms. The second-order valence-electron chi connectivity index (χ2n) is 6.36. The molecule has 1 spiro atoms. The van der Waals surface area contributed by atoms with Crippen LogP contribution in [0.3, 0.4) is 0 Å². The van der Waals surface area contributed by atoms with Gasteiger partial charge < -0.3 is 0 Å². The van der Waals surface area contributed by atoms with Crippen LogP contribution >= 0.6 is 0 Å². The highest BCUT2D eigenvalue weighted by Gasteiger charge is 2.55. The number of rotatable bonds is 0. The van der Waals surface area contributed by atoms with Crippen LogP contribution in [0.25, 0.3) is 0 Å². The standard InChI is InChI=1S/C19H16O2/c1-11-6-7-14-13(8-11)9-19(17(14)20)10-16-12(2)4-3-5-15(16)18(19)21/h3-8H,9-10H2,1-2H3/t19-/m1/s1. The summed E-state index contributed by atoms with van der Waals surface area (Å²) in [5.74, 6) is 0.0261. The van der Waals surface area contributed by atoms with Crippen LogP contribution in [0.5, 0.6) is 0 Å². The van der Waals surface area contributed by atoms with Crippen molar-refractivity contribution < 1.29 is 9.59 Å². The minimum Gasteiger partial charge on any atom is -0.293 e. The van der Waals surface area contributed by atoms with Gasteiger partial charge in [0, 0.05) is 11.1 Å². The molecule has 2 aromatic rings. The Morgan fingerprint density at radius 1 is 0.905 bits per heavy atom. The van der Waals surface area contributed by atoms with E-state index in [1.54, 1.807) is 0 Å². The van der Waals surface area contributed by atoms with Crippen molar-refractivity contribution in [3.05, 3.63) is 69.8 Å². The molecule has 0 unspecified atom stereocenters. The van der Waals surface area contributed by atoms with Gasteiger partial charge in [0.05, 0.1) is 0 Å². The highest BCUT2D eigenvalue weighted by Crippen LogP contribution is 2.47. The summed E-state index contributed by atoms with van der Waals surface area (Å²) in [4.78, 5) is 25.8. The normalized spacial score (nSPS) is 22.8. The van der Waals surface area contributed by atoms with Gasteiger partial charge in [0.15, 0.2) is 11.6 Å². The van der Waals surface area contributed by atoms with E-state index in [0.717, 1.165) is 33.4 Å². The van der Waals surface area contributed by atoms with Gasteiger partial charge in [-0.05, 0) is 43.4 Å². The molecular formula is C19H16O2. The molecule has 104 valence electrons. The average molecular weight is 276 g/mol. The Morgan fingerprint density at radius 2 is 1.67 bits per heavy atom. The highest BCUT2D eigenvalue weighted by molar-refractivity contribution is 6.24. The Labute approximate surface area is 123 Å². The molecule has 0 radical (unpaired) electrons. The van der Waals surface area contributed by atoms with Gasteiger partial charge in [-0.1, -0.05) is 42.0 Å². The predicted octanol–water partition coefficient (Wildman–Crippen LogP) is 3.47. The molecule has 2 aliphatic rings. The largest absolute Gasteiger partial charge is 0.293 e. The van der Waals surface area contributed by atoms with Crippen molar-refractivity contribution in [2.45, 2.75) is 26.7 Å².